The van der Waals surface area contributed by atoms with E-state index >= 15 is 0 Å². The first-order chi connectivity index (χ1) is 4.00. The third kappa shape index (κ3) is 570. The van der Waals surface area contributed by atoms with Gasteiger partial charge in [0, 0.05) is 0 Å². The molecule has 11 heavy (non-hydrogen) atoms. The summed E-state index contributed by atoms with van der Waals surface area (Å²) in [5, 5.41) is 0. The van der Waals surface area contributed by atoms with Crippen LogP contribution in [0.5, 0.6) is 0 Å². The second-order valence-corrected chi connectivity index (χ2v) is 2.69. The molecule has 8 nitrogen and oxygen atoms in total. The Balaban J connectivity index is -0.0000000267. The van der Waals surface area contributed by atoms with E-state index in [2.05, 4.69) is 0 Å². The molecule has 0 atom stereocenters. The van der Waals surface area contributed by atoms with Gasteiger partial charge in [-0.1, -0.05) is 0 Å². The van der Waals surface area contributed by atoms with Gasteiger partial charge in [0.05, 0.1) is 0 Å². The smallest absolute Gasteiger partial charge is 1.00 e. The van der Waals surface area contributed by atoms with Crippen LogP contribution in [0.25, 0.3) is 0 Å². The van der Waals surface area contributed by atoms with Crippen LogP contribution in [0.15, 0.2) is 0 Å². The minimum atomic E-state index is -4.67. The van der Waals surface area contributed by atoms with Gasteiger partial charge >= 0.3 is 69.7 Å². The minimum Gasteiger partial charge on any atom is -1.00 e. The monoisotopic (exact) mass is 336 g/mol. The van der Waals surface area contributed by atoms with Crippen LogP contribution in [0, 0.1) is 0 Å². The number of hydrogen-bond donors (Lipinski definition) is 4. The molecule has 68 valence electrons. The van der Waals surface area contributed by atoms with Gasteiger partial charge in [-0.25, -0.2) is 0 Å². The van der Waals surface area contributed by atoms with E-state index in [4.69, 9.17) is 35.0 Å². The number of rotatable bonds is 0. The summed E-state index contributed by atoms with van der Waals surface area (Å²) in [6, 6.07) is 0. The molecule has 0 aliphatic heterocycles. The zero-order valence-electron chi connectivity index (χ0n) is 6.95. The summed E-state index contributed by atoms with van der Waals surface area (Å²) in [7, 11) is -9.33. The summed E-state index contributed by atoms with van der Waals surface area (Å²) in [4.78, 5) is 0. The summed E-state index contributed by atoms with van der Waals surface area (Å²) in [6.07, 6.45) is 0. The fourth-order valence-electron chi connectivity index (χ4n) is 0. The third-order valence-corrected chi connectivity index (χ3v) is 0. The zero-order chi connectivity index (χ0) is 9.00. The Morgan fingerprint density at radius 3 is 0.727 bits per heavy atom. The van der Waals surface area contributed by atoms with E-state index in [1.807, 2.05) is 0 Å². The van der Waals surface area contributed by atoms with E-state index in [1.165, 1.54) is 0 Å². The normalized spacial score (nSPS) is 10.5. The molecule has 0 spiro atoms. The van der Waals surface area contributed by atoms with Crippen LogP contribution in [0.1, 0.15) is 2.85 Å². The van der Waals surface area contributed by atoms with Crippen molar-refractivity contribution in [3.8, 4) is 0 Å². The Labute approximate surface area is 106 Å². The molecule has 0 radical (unpaired) electrons. The molecule has 0 fully saturated rings. The van der Waals surface area contributed by atoms with Gasteiger partial charge in [-0.3, -0.25) is 18.2 Å². The molecule has 0 aromatic heterocycles. The van der Waals surface area contributed by atoms with Gasteiger partial charge < -0.3 is 2.85 Å². The Kier molecular flexibility index (Phi) is 11.2. The van der Waals surface area contributed by atoms with Crippen LogP contribution < -0.4 is 0 Å². The summed E-state index contributed by atoms with van der Waals surface area (Å²) in [5.41, 5.74) is 0. The van der Waals surface area contributed by atoms with Crippen LogP contribution in [-0.4, -0.2) is 83.9 Å². The standard InChI is InChI=1S/Ba.2H2O4S.2H/c;2*1-5(2,3)4;;/h;2*(H2,1,2,3,4);;/q+2;;;2*-1. The van der Waals surface area contributed by atoms with Gasteiger partial charge in [0.15, 0.2) is 0 Å². The third-order valence-electron chi connectivity index (χ3n) is 0. The van der Waals surface area contributed by atoms with Crippen molar-refractivity contribution in [2.75, 3.05) is 0 Å². The summed E-state index contributed by atoms with van der Waals surface area (Å²) in [6.45, 7) is 0. The quantitative estimate of drug-likeness (QED) is 0.310. The van der Waals surface area contributed by atoms with Crippen molar-refractivity contribution in [2.24, 2.45) is 0 Å². The molecular weight excluding hydrogens is 329 g/mol. The second kappa shape index (κ2) is 6.79. The average molecular weight is 336 g/mol. The van der Waals surface area contributed by atoms with Gasteiger partial charge in [0.1, 0.15) is 0 Å². The summed E-state index contributed by atoms with van der Waals surface area (Å²) >= 11 is 0. The zero-order valence-corrected chi connectivity index (χ0v) is 11.0. The van der Waals surface area contributed by atoms with E-state index in [0.717, 1.165) is 0 Å². The SMILES string of the molecule is O=S(=O)(O)O.O=S(=O)(O)O.[Ba+2].[H-].[H-]. The summed E-state index contributed by atoms with van der Waals surface area (Å²) < 4.78 is 63.2. The molecule has 0 rings (SSSR count). The first-order valence-corrected chi connectivity index (χ1v) is 4.19. The maximum atomic E-state index is 8.74. The van der Waals surface area contributed by atoms with Gasteiger partial charge in [-0.2, -0.15) is 16.8 Å². The molecule has 0 heterocycles. The fourth-order valence-corrected chi connectivity index (χ4v) is 0. The van der Waals surface area contributed by atoms with Crippen LogP contribution in [0.4, 0.5) is 0 Å². The first kappa shape index (κ1) is 18.2. The van der Waals surface area contributed by atoms with Gasteiger partial charge in [-0.05, 0) is 0 Å². The minimum absolute atomic E-state index is 0. The van der Waals surface area contributed by atoms with Crippen molar-refractivity contribution in [2.45, 2.75) is 0 Å². The Hall–Kier alpha value is 1.31. The van der Waals surface area contributed by atoms with E-state index in [1.54, 1.807) is 0 Å². The van der Waals surface area contributed by atoms with Crippen LogP contribution in [-0.2, 0) is 20.8 Å². The van der Waals surface area contributed by atoms with Gasteiger partial charge in [0.25, 0.3) is 0 Å². The molecule has 0 aliphatic rings. The van der Waals surface area contributed by atoms with Crippen LogP contribution >= 0.6 is 0 Å². The van der Waals surface area contributed by atoms with Crippen molar-refractivity contribution in [3.05, 3.63) is 0 Å². The van der Waals surface area contributed by atoms with Crippen LogP contribution in [0.2, 0.25) is 0 Å². The maximum absolute atomic E-state index is 8.74. The Bertz CT molecular complexity index is 217. The molecule has 0 aliphatic carbocycles. The molecule has 0 aromatic rings. The summed E-state index contributed by atoms with van der Waals surface area (Å²) in [5.74, 6) is 0. The van der Waals surface area contributed by atoms with Crippen molar-refractivity contribution < 1.29 is 37.9 Å². The largest absolute Gasteiger partial charge is 2.00 e. The van der Waals surface area contributed by atoms with E-state index in [0.29, 0.717) is 0 Å². The molecular formula is H6BaO8S2. The molecule has 0 aromatic carbocycles. The average Bonchev–Trinajstić information content (AvgIpc) is 1.12. The maximum Gasteiger partial charge on any atom is 2.00 e. The molecule has 0 saturated heterocycles. The predicted molar refractivity (Wildman–Crippen MR) is 36.3 cm³/mol. The second-order valence-electron chi connectivity index (χ2n) is 0.896. The van der Waals surface area contributed by atoms with E-state index in [9.17, 15) is 0 Å². The molecule has 0 saturated carbocycles. The molecule has 0 unspecified atom stereocenters. The molecule has 4 N–H and O–H groups in total. The predicted octanol–water partition coefficient (Wildman–Crippen LogP) is -1.46. The van der Waals surface area contributed by atoms with Gasteiger partial charge in [-0.15, -0.1) is 0 Å². The first-order valence-electron chi connectivity index (χ1n) is 1.40. The number of hydrogen-bond acceptors (Lipinski definition) is 4. The van der Waals surface area contributed by atoms with Gasteiger partial charge in [0.2, 0.25) is 0 Å². The van der Waals surface area contributed by atoms with E-state index < -0.39 is 20.8 Å². The topological polar surface area (TPSA) is 149 Å². The van der Waals surface area contributed by atoms with Crippen molar-refractivity contribution in [1.29, 1.82) is 0 Å². The van der Waals surface area contributed by atoms with Crippen molar-refractivity contribution >= 4 is 69.7 Å². The van der Waals surface area contributed by atoms with Crippen LogP contribution in [0.3, 0.4) is 0 Å². The molecule has 11 heteroatoms. The van der Waals surface area contributed by atoms with Crippen molar-refractivity contribution in [1.82, 2.24) is 0 Å². The Morgan fingerprint density at radius 2 is 0.727 bits per heavy atom. The molecule has 0 amide bonds. The van der Waals surface area contributed by atoms with E-state index in [-0.39, 0.29) is 51.7 Å². The fraction of sp³-hybridized carbons (Fsp3) is 0. The Morgan fingerprint density at radius 1 is 0.727 bits per heavy atom. The van der Waals surface area contributed by atoms with Crippen molar-refractivity contribution in [3.63, 3.8) is 0 Å². The molecule has 0 bridgehead atoms.